The minimum absolute atomic E-state index is 0.0203. The number of rotatable bonds is 4. The van der Waals surface area contributed by atoms with E-state index >= 15 is 0 Å². The summed E-state index contributed by atoms with van der Waals surface area (Å²) >= 11 is 6.17. The molecule has 0 saturated heterocycles. The van der Waals surface area contributed by atoms with Gasteiger partial charge in [0.15, 0.2) is 0 Å². The van der Waals surface area contributed by atoms with Crippen molar-refractivity contribution < 1.29 is 32.2 Å². The van der Waals surface area contributed by atoms with Crippen LogP contribution in [-0.2, 0) is 9.53 Å². The van der Waals surface area contributed by atoms with Gasteiger partial charge in [-0.15, -0.1) is 0 Å². The highest BCUT2D eigenvalue weighted by molar-refractivity contribution is 6.31. The molecule has 0 saturated carbocycles. The van der Waals surface area contributed by atoms with Crippen LogP contribution in [0.1, 0.15) is 12.5 Å². The molecule has 1 aliphatic rings. The van der Waals surface area contributed by atoms with Gasteiger partial charge in [-0.1, -0.05) is 23.7 Å². The van der Waals surface area contributed by atoms with Crippen LogP contribution in [0.5, 0.6) is 11.5 Å². The molecule has 0 aromatic heterocycles. The maximum absolute atomic E-state index is 13.6. The Kier molecular flexibility index (Phi) is 5.56. The Labute approximate surface area is 164 Å². The van der Waals surface area contributed by atoms with Gasteiger partial charge in [-0.25, -0.2) is 4.79 Å². The Morgan fingerprint density at radius 3 is 2.64 bits per heavy atom. The zero-order chi connectivity index (χ0) is 20.5. The first-order chi connectivity index (χ1) is 13.2. The lowest BCUT2D eigenvalue weighted by atomic mass is 9.95. The zero-order valence-corrected chi connectivity index (χ0v) is 15.7. The van der Waals surface area contributed by atoms with Crippen LogP contribution in [-0.4, -0.2) is 32.0 Å². The number of benzene rings is 2. The zero-order valence-electron chi connectivity index (χ0n) is 15.0. The molecular weight excluding hydrogens is 397 g/mol. The molecule has 2 aromatic rings. The minimum atomic E-state index is -4.80. The number of methoxy groups -OCH3 is 1. The van der Waals surface area contributed by atoms with E-state index in [2.05, 4.69) is 0 Å². The number of hydrogen-bond donors (Lipinski definition) is 0. The maximum atomic E-state index is 13.6. The molecule has 0 aliphatic carbocycles. The van der Waals surface area contributed by atoms with E-state index in [1.807, 2.05) is 0 Å². The highest BCUT2D eigenvalue weighted by atomic mass is 35.5. The fourth-order valence-electron chi connectivity index (χ4n) is 2.91. The Bertz CT molecular complexity index is 938. The molecule has 4 nitrogen and oxygen atoms in total. The van der Waals surface area contributed by atoms with Crippen LogP contribution in [0.3, 0.4) is 0 Å². The Morgan fingerprint density at radius 2 is 2.00 bits per heavy atom. The number of hydrogen-bond acceptors (Lipinski definition) is 4. The van der Waals surface area contributed by atoms with Crippen molar-refractivity contribution in [3.63, 3.8) is 0 Å². The lowest BCUT2D eigenvalue weighted by Gasteiger charge is -2.29. The summed E-state index contributed by atoms with van der Waals surface area (Å²) in [6.07, 6.45) is -6.13. The molecule has 1 unspecified atom stereocenters. The van der Waals surface area contributed by atoms with Gasteiger partial charge in [0.2, 0.25) is 6.10 Å². The van der Waals surface area contributed by atoms with E-state index in [4.69, 9.17) is 25.8 Å². The maximum Gasteiger partial charge on any atom is 0.430 e. The van der Waals surface area contributed by atoms with Crippen molar-refractivity contribution in [2.75, 3.05) is 13.7 Å². The van der Waals surface area contributed by atoms with Crippen LogP contribution < -0.4 is 9.47 Å². The number of carbonyl (C=O) groups is 1. The van der Waals surface area contributed by atoms with E-state index in [1.54, 1.807) is 24.3 Å². The minimum Gasteiger partial charge on any atom is -0.497 e. The van der Waals surface area contributed by atoms with E-state index < -0.39 is 23.8 Å². The van der Waals surface area contributed by atoms with Crippen LogP contribution >= 0.6 is 11.6 Å². The third-order valence-electron chi connectivity index (χ3n) is 4.10. The van der Waals surface area contributed by atoms with Crippen molar-refractivity contribution in [1.29, 1.82) is 0 Å². The molecular formula is C20H16ClF3O4. The summed E-state index contributed by atoms with van der Waals surface area (Å²) < 4.78 is 56.0. The average molecular weight is 413 g/mol. The van der Waals surface area contributed by atoms with Crippen LogP contribution in [0.25, 0.3) is 17.2 Å². The molecule has 0 radical (unpaired) electrons. The lowest BCUT2D eigenvalue weighted by molar-refractivity contribution is -0.187. The predicted octanol–water partition coefficient (Wildman–Crippen LogP) is 5.29. The van der Waals surface area contributed by atoms with Gasteiger partial charge in [-0.05, 0) is 42.8 Å². The van der Waals surface area contributed by atoms with Gasteiger partial charge in [0, 0.05) is 16.1 Å². The van der Waals surface area contributed by atoms with Gasteiger partial charge in [0.1, 0.15) is 11.5 Å². The lowest BCUT2D eigenvalue weighted by Crippen LogP contribution is -2.41. The smallest absolute Gasteiger partial charge is 0.430 e. The number of esters is 1. The highest BCUT2D eigenvalue weighted by Crippen LogP contribution is 2.44. The molecule has 2 aromatic carbocycles. The second-order valence-electron chi connectivity index (χ2n) is 5.96. The number of ether oxygens (including phenoxy) is 3. The van der Waals surface area contributed by atoms with Crippen LogP contribution in [0, 0.1) is 0 Å². The Hall–Kier alpha value is -2.67. The number of fused-ring (bicyclic) bond motifs is 1. The largest absolute Gasteiger partial charge is 0.497 e. The monoisotopic (exact) mass is 412 g/mol. The SMILES string of the molecule is CCOC(=O)C1=Cc2cc(Cl)cc(-c3cccc(OC)c3)c2OC1C(F)(F)F. The number of halogens is 4. The van der Waals surface area contributed by atoms with E-state index in [9.17, 15) is 18.0 Å². The van der Waals surface area contributed by atoms with Crippen LogP contribution in [0.2, 0.25) is 5.02 Å². The van der Waals surface area contributed by atoms with Gasteiger partial charge >= 0.3 is 12.1 Å². The highest BCUT2D eigenvalue weighted by Gasteiger charge is 2.49. The summed E-state index contributed by atoms with van der Waals surface area (Å²) in [6, 6.07) is 9.70. The summed E-state index contributed by atoms with van der Waals surface area (Å²) in [5, 5.41) is 0.282. The normalized spacial score (nSPS) is 15.9. The fraction of sp³-hybridized carbons (Fsp3) is 0.250. The van der Waals surface area contributed by atoms with Crippen molar-refractivity contribution in [1.82, 2.24) is 0 Å². The molecule has 1 aliphatic heterocycles. The van der Waals surface area contributed by atoms with Gasteiger partial charge in [0.25, 0.3) is 0 Å². The first kappa shape index (κ1) is 20.1. The summed E-state index contributed by atoms with van der Waals surface area (Å²) in [5.41, 5.74) is 0.552. The van der Waals surface area contributed by atoms with Crippen LogP contribution in [0.15, 0.2) is 42.0 Å². The van der Waals surface area contributed by atoms with Gasteiger partial charge < -0.3 is 14.2 Å². The summed E-state index contributed by atoms with van der Waals surface area (Å²) in [5.74, 6) is -0.580. The molecule has 3 rings (SSSR count). The van der Waals surface area contributed by atoms with Gasteiger partial charge in [-0.2, -0.15) is 13.2 Å². The van der Waals surface area contributed by atoms with E-state index in [0.29, 0.717) is 16.9 Å². The summed E-state index contributed by atoms with van der Waals surface area (Å²) in [4.78, 5) is 12.1. The molecule has 1 heterocycles. The third kappa shape index (κ3) is 3.94. The fourth-order valence-corrected chi connectivity index (χ4v) is 3.13. The van der Waals surface area contributed by atoms with E-state index in [-0.39, 0.29) is 22.9 Å². The average Bonchev–Trinajstić information content (AvgIpc) is 2.65. The Morgan fingerprint density at radius 1 is 1.25 bits per heavy atom. The number of carbonyl (C=O) groups excluding carboxylic acids is 1. The molecule has 28 heavy (non-hydrogen) atoms. The third-order valence-corrected chi connectivity index (χ3v) is 4.32. The second kappa shape index (κ2) is 7.75. The first-order valence-electron chi connectivity index (χ1n) is 8.34. The predicted molar refractivity (Wildman–Crippen MR) is 98.5 cm³/mol. The summed E-state index contributed by atoms with van der Waals surface area (Å²) in [7, 11) is 1.48. The summed E-state index contributed by atoms with van der Waals surface area (Å²) in [6.45, 7) is 1.45. The topological polar surface area (TPSA) is 44.8 Å². The van der Waals surface area contributed by atoms with Crippen LogP contribution in [0.4, 0.5) is 13.2 Å². The Balaban J connectivity index is 2.19. The van der Waals surface area contributed by atoms with Crippen molar-refractivity contribution in [2.24, 2.45) is 0 Å². The quantitative estimate of drug-likeness (QED) is 0.640. The molecule has 0 bridgehead atoms. The molecule has 8 heteroatoms. The molecule has 0 spiro atoms. The van der Waals surface area contributed by atoms with Crippen molar-refractivity contribution in [3.8, 4) is 22.6 Å². The molecule has 0 amide bonds. The standard InChI is InChI=1S/C20H16ClF3O4/c1-3-27-19(25)16-9-12-7-13(21)10-15(11-5-4-6-14(8-11)26-2)17(12)28-18(16)20(22,23)24/h4-10,18H,3H2,1-2H3. The van der Waals surface area contributed by atoms with Gasteiger partial charge in [0.05, 0.1) is 19.3 Å². The molecule has 1 atom stereocenters. The molecule has 0 fully saturated rings. The molecule has 0 N–H and O–H groups in total. The van der Waals surface area contributed by atoms with Crippen molar-refractivity contribution in [3.05, 3.63) is 52.6 Å². The molecule has 148 valence electrons. The van der Waals surface area contributed by atoms with E-state index in [1.165, 1.54) is 26.2 Å². The van der Waals surface area contributed by atoms with Crippen molar-refractivity contribution >= 4 is 23.6 Å². The van der Waals surface area contributed by atoms with Gasteiger partial charge in [-0.3, -0.25) is 0 Å². The van der Waals surface area contributed by atoms with E-state index in [0.717, 1.165) is 6.08 Å². The number of alkyl halides is 3. The first-order valence-corrected chi connectivity index (χ1v) is 8.72. The van der Waals surface area contributed by atoms with Crippen molar-refractivity contribution in [2.45, 2.75) is 19.2 Å². The second-order valence-corrected chi connectivity index (χ2v) is 6.40.